The molecule has 0 saturated carbocycles. The molecule has 1 heterocycles. The molecule has 2 N–H and O–H groups in total. The van der Waals surface area contributed by atoms with E-state index in [2.05, 4.69) is 10.9 Å². The molecule has 1 aromatic heterocycles. The number of hydrazine groups is 1. The zero-order valence-corrected chi connectivity index (χ0v) is 14.8. The van der Waals surface area contributed by atoms with Crippen LogP contribution >= 0.6 is 0 Å². The van der Waals surface area contributed by atoms with E-state index in [1.807, 2.05) is 36.4 Å². The quantitative estimate of drug-likeness (QED) is 0.504. The number of nitro benzene ring substituents is 1. The molecule has 0 saturated heterocycles. The van der Waals surface area contributed by atoms with E-state index >= 15 is 0 Å². The van der Waals surface area contributed by atoms with Gasteiger partial charge in [-0.1, -0.05) is 36.4 Å². The van der Waals surface area contributed by atoms with Gasteiger partial charge in [-0.05, 0) is 18.2 Å². The molecule has 2 amide bonds. The fourth-order valence-electron chi connectivity index (χ4n) is 2.53. The Balaban J connectivity index is 1.48. The SMILES string of the molecule is O=C(CCc1ccc(-c2ccccc2)o1)NNC(=O)c1cccc([N+](=O)[O-])c1. The summed E-state index contributed by atoms with van der Waals surface area (Å²) in [6.45, 7) is 0. The summed E-state index contributed by atoms with van der Waals surface area (Å²) < 4.78 is 5.72. The number of nitrogens with zero attached hydrogens (tertiary/aromatic N) is 1. The lowest BCUT2D eigenvalue weighted by molar-refractivity contribution is -0.384. The molecule has 0 aliphatic carbocycles. The van der Waals surface area contributed by atoms with Crippen molar-refractivity contribution in [1.29, 1.82) is 0 Å². The van der Waals surface area contributed by atoms with Crippen LogP contribution in [0.3, 0.4) is 0 Å². The van der Waals surface area contributed by atoms with E-state index in [1.165, 1.54) is 18.2 Å². The fraction of sp³-hybridized carbons (Fsp3) is 0.100. The summed E-state index contributed by atoms with van der Waals surface area (Å²) in [5.74, 6) is 0.326. The summed E-state index contributed by atoms with van der Waals surface area (Å²) in [5, 5.41) is 10.7. The van der Waals surface area contributed by atoms with Gasteiger partial charge in [0.25, 0.3) is 11.6 Å². The van der Waals surface area contributed by atoms with Gasteiger partial charge in [0.2, 0.25) is 5.91 Å². The van der Waals surface area contributed by atoms with E-state index in [4.69, 9.17) is 4.42 Å². The molecule has 8 nitrogen and oxygen atoms in total. The first-order chi connectivity index (χ1) is 13.5. The van der Waals surface area contributed by atoms with E-state index in [0.717, 1.165) is 17.4 Å². The highest BCUT2D eigenvalue weighted by Crippen LogP contribution is 2.22. The average Bonchev–Trinajstić information content (AvgIpc) is 3.20. The van der Waals surface area contributed by atoms with Gasteiger partial charge in [0.05, 0.1) is 4.92 Å². The molecule has 3 rings (SSSR count). The number of aryl methyl sites for hydroxylation is 1. The van der Waals surface area contributed by atoms with Crippen molar-refractivity contribution < 1.29 is 18.9 Å². The predicted octanol–water partition coefficient (Wildman–Crippen LogP) is 3.25. The summed E-state index contributed by atoms with van der Waals surface area (Å²) >= 11 is 0. The van der Waals surface area contributed by atoms with Gasteiger partial charge in [-0.2, -0.15) is 0 Å². The molecule has 0 fully saturated rings. The molecule has 8 heteroatoms. The maximum absolute atomic E-state index is 12.0. The number of non-ortho nitro benzene ring substituents is 1. The summed E-state index contributed by atoms with van der Waals surface area (Å²) in [5.41, 5.74) is 5.35. The lowest BCUT2D eigenvalue weighted by atomic mass is 10.2. The van der Waals surface area contributed by atoms with E-state index in [0.29, 0.717) is 12.2 Å². The average molecular weight is 379 g/mol. The number of benzene rings is 2. The minimum Gasteiger partial charge on any atom is -0.461 e. The van der Waals surface area contributed by atoms with Crippen LogP contribution in [0.15, 0.2) is 71.1 Å². The minimum absolute atomic E-state index is 0.0769. The maximum Gasteiger partial charge on any atom is 0.270 e. The topological polar surface area (TPSA) is 114 Å². The first-order valence-electron chi connectivity index (χ1n) is 8.51. The van der Waals surface area contributed by atoms with Crippen LogP contribution in [-0.2, 0) is 11.2 Å². The lowest BCUT2D eigenvalue weighted by Gasteiger charge is -2.07. The molecule has 28 heavy (non-hydrogen) atoms. The molecule has 0 radical (unpaired) electrons. The maximum atomic E-state index is 12.0. The molecule has 0 spiro atoms. The summed E-state index contributed by atoms with van der Waals surface area (Å²) in [6, 6.07) is 18.5. The molecule has 2 aromatic carbocycles. The lowest BCUT2D eigenvalue weighted by Crippen LogP contribution is -2.41. The monoisotopic (exact) mass is 379 g/mol. The Morgan fingerprint density at radius 1 is 0.964 bits per heavy atom. The number of carbonyl (C=O) groups excluding carboxylic acids is 2. The Hall–Kier alpha value is -3.94. The number of furan rings is 1. The molecular formula is C20H17N3O5. The van der Waals surface area contributed by atoms with Crippen molar-refractivity contribution in [2.75, 3.05) is 0 Å². The van der Waals surface area contributed by atoms with Crippen molar-refractivity contribution in [3.05, 3.63) is 88.2 Å². The smallest absolute Gasteiger partial charge is 0.270 e. The van der Waals surface area contributed by atoms with Crippen LogP contribution in [0.4, 0.5) is 5.69 Å². The highest BCUT2D eigenvalue weighted by atomic mass is 16.6. The van der Waals surface area contributed by atoms with Crippen LogP contribution in [0.1, 0.15) is 22.5 Å². The number of rotatable bonds is 6. The van der Waals surface area contributed by atoms with Gasteiger partial charge in [0, 0.05) is 36.1 Å². The summed E-state index contributed by atoms with van der Waals surface area (Å²) in [6.07, 6.45) is 0.475. The molecule has 0 bridgehead atoms. The Morgan fingerprint density at radius 2 is 1.75 bits per heavy atom. The van der Waals surface area contributed by atoms with Crippen LogP contribution in [0.25, 0.3) is 11.3 Å². The number of nitrogens with one attached hydrogen (secondary N) is 2. The van der Waals surface area contributed by atoms with E-state index in [1.54, 1.807) is 6.07 Å². The number of nitro groups is 1. The zero-order valence-electron chi connectivity index (χ0n) is 14.8. The van der Waals surface area contributed by atoms with Crippen molar-refractivity contribution in [3.8, 4) is 11.3 Å². The first kappa shape index (κ1) is 18.8. The fourth-order valence-corrected chi connectivity index (χ4v) is 2.53. The van der Waals surface area contributed by atoms with E-state index < -0.39 is 16.7 Å². The van der Waals surface area contributed by atoms with Crippen molar-refractivity contribution in [1.82, 2.24) is 10.9 Å². The normalized spacial score (nSPS) is 10.3. The van der Waals surface area contributed by atoms with E-state index in [-0.39, 0.29) is 17.7 Å². The van der Waals surface area contributed by atoms with Crippen molar-refractivity contribution >= 4 is 17.5 Å². The highest BCUT2D eigenvalue weighted by Gasteiger charge is 2.13. The Morgan fingerprint density at radius 3 is 2.50 bits per heavy atom. The Labute approximate surface area is 160 Å². The van der Waals surface area contributed by atoms with E-state index in [9.17, 15) is 19.7 Å². The van der Waals surface area contributed by atoms with Gasteiger partial charge in [-0.3, -0.25) is 30.6 Å². The van der Waals surface area contributed by atoms with Gasteiger partial charge in [-0.15, -0.1) is 0 Å². The molecule has 0 unspecified atom stereocenters. The minimum atomic E-state index is -0.638. The van der Waals surface area contributed by atoms with Gasteiger partial charge < -0.3 is 4.42 Å². The molecule has 0 aliphatic rings. The summed E-state index contributed by atoms with van der Waals surface area (Å²) in [7, 11) is 0. The third-order valence-corrected chi connectivity index (χ3v) is 3.95. The first-order valence-corrected chi connectivity index (χ1v) is 8.51. The largest absolute Gasteiger partial charge is 0.461 e. The number of hydrogen-bond acceptors (Lipinski definition) is 5. The highest BCUT2D eigenvalue weighted by molar-refractivity contribution is 5.95. The zero-order chi connectivity index (χ0) is 19.9. The van der Waals surface area contributed by atoms with Gasteiger partial charge in [0.1, 0.15) is 11.5 Å². The Bertz CT molecular complexity index is 998. The van der Waals surface area contributed by atoms with Gasteiger partial charge >= 0.3 is 0 Å². The van der Waals surface area contributed by atoms with Gasteiger partial charge in [-0.25, -0.2) is 0 Å². The van der Waals surface area contributed by atoms with Gasteiger partial charge in [0.15, 0.2) is 0 Å². The van der Waals surface area contributed by atoms with Crippen molar-refractivity contribution in [3.63, 3.8) is 0 Å². The second-order valence-electron chi connectivity index (χ2n) is 5.94. The number of amides is 2. The third-order valence-electron chi connectivity index (χ3n) is 3.95. The molecule has 142 valence electrons. The summed E-state index contributed by atoms with van der Waals surface area (Å²) in [4.78, 5) is 34.1. The Kier molecular flexibility index (Phi) is 5.81. The van der Waals surface area contributed by atoms with Crippen LogP contribution in [0, 0.1) is 10.1 Å². The van der Waals surface area contributed by atoms with Crippen LogP contribution < -0.4 is 10.9 Å². The molecule has 0 aliphatic heterocycles. The second-order valence-corrected chi connectivity index (χ2v) is 5.94. The van der Waals surface area contributed by atoms with Crippen LogP contribution in [-0.4, -0.2) is 16.7 Å². The third kappa shape index (κ3) is 4.82. The predicted molar refractivity (Wildman–Crippen MR) is 101 cm³/mol. The van der Waals surface area contributed by atoms with Crippen molar-refractivity contribution in [2.45, 2.75) is 12.8 Å². The number of hydrogen-bond donors (Lipinski definition) is 2. The molecule has 0 atom stereocenters. The molecular weight excluding hydrogens is 362 g/mol. The van der Waals surface area contributed by atoms with Crippen LogP contribution in [0.5, 0.6) is 0 Å². The standard InChI is InChI=1S/C20H17N3O5/c24-19(21-22-20(25)15-7-4-8-16(13-15)23(26)27)12-10-17-9-11-18(28-17)14-5-2-1-3-6-14/h1-9,11,13H,10,12H2,(H,21,24)(H,22,25). The second kappa shape index (κ2) is 8.63. The molecule has 3 aromatic rings. The number of carbonyl (C=O) groups is 2. The van der Waals surface area contributed by atoms with Crippen molar-refractivity contribution in [2.24, 2.45) is 0 Å². The van der Waals surface area contributed by atoms with Crippen LogP contribution in [0.2, 0.25) is 0 Å².